The fourth-order valence-electron chi connectivity index (χ4n) is 2.46. The molecule has 0 bridgehead atoms. The number of likely N-dealkylation sites (N-methyl/N-ethyl adjacent to an activating group) is 1. The van der Waals surface area contributed by atoms with Gasteiger partial charge in [0.15, 0.2) is 0 Å². The fourth-order valence-corrected chi connectivity index (χ4v) is 2.46. The second-order valence-corrected chi connectivity index (χ2v) is 7.44. The molecular weight excluding hydrogens is 368 g/mol. The average molecular weight is 394 g/mol. The Labute approximate surface area is 171 Å². The lowest BCUT2D eigenvalue weighted by atomic mass is 10.1. The monoisotopic (exact) mass is 394 g/mol. The van der Waals surface area contributed by atoms with Crippen molar-refractivity contribution in [1.29, 1.82) is 0 Å². The molecule has 0 unspecified atom stereocenters. The van der Waals surface area contributed by atoms with E-state index in [-0.39, 0.29) is 18.9 Å². The van der Waals surface area contributed by atoms with Crippen molar-refractivity contribution in [3.05, 3.63) is 54.1 Å². The van der Waals surface area contributed by atoms with Gasteiger partial charge in [0.2, 0.25) is 5.91 Å². The quantitative estimate of drug-likeness (QED) is 0.744. The molecule has 0 saturated heterocycles. The molecule has 2 amide bonds. The lowest BCUT2D eigenvalue weighted by Gasteiger charge is -2.20. The van der Waals surface area contributed by atoms with Gasteiger partial charge in [-0.2, -0.15) is 0 Å². The predicted molar refractivity (Wildman–Crippen MR) is 114 cm³/mol. The molecule has 0 aliphatic heterocycles. The van der Waals surface area contributed by atoms with Gasteiger partial charge in [0.05, 0.1) is 6.42 Å². The highest BCUT2D eigenvalue weighted by molar-refractivity contribution is 5.94. The van der Waals surface area contributed by atoms with Gasteiger partial charge in [0.1, 0.15) is 18.0 Å². The standard InChI is InChI=1S/C23H26N2O4/c1-6-15-28-20-13-11-19(12-14-20)25(5)21(26)16-17-7-9-18(10-8-17)24-22(27)29-23(2,3)4/h1,7-14H,15-16H2,2-5H3,(H,24,27). The summed E-state index contributed by atoms with van der Waals surface area (Å²) in [6.45, 7) is 5.61. The summed E-state index contributed by atoms with van der Waals surface area (Å²) in [6.07, 6.45) is 4.89. The summed E-state index contributed by atoms with van der Waals surface area (Å²) in [4.78, 5) is 26.0. The first kappa shape index (κ1) is 21.8. The Bertz CT molecular complexity index is 875. The van der Waals surface area contributed by atoms with E-state index in [0.29, 0.717) is 11.4 Å². The number of amides is 2. The van der Waals surface area contributed by atoms with Gasteiger partial charge < -0.3 is 14.4 Å². The summed E-state index contributed by atoms with van der Waals surface area (Å²) in [5.41, 5.74) is 1.63. The van der Waals surface area contributed by atoms with E-state index in [1.165, 1.54) is 0 Å². The zero-order valence-electron chi connectivity index (χ0n) is 17.2. The van der Waals surface area contributed by atoms with Crippen LogP contribution < -0.4 is 15.0 Å². The first-order valence-corrected chi connectivity index (χ1v) is 9.20. The summed E-state index contributed by atoms with van der Waals surface area (Å²) in [5.74, 6) is 3.00. The maximum Gasteiger partial charge on any atom is 0.412 e. The molecule has 2 aromatic carbocycles. The van der Waals surface area contributed by atoms with Crippen LogP contribution in [0.4, 0.5) is 16.2 Å². The molecule has 0 heterocycles. The molecule has 152 valence electrons. The number of hydrogen-bond donors (Lipinski definition) is 1. The number of carbonyl (C=O) groups is 2. The molecule has 2 aromatic rings. The number of carbonyl (C=O) groups excluding carboxylic acids is 2. The van der Waals surface area contributed by atoms with E-state index in [1.54, 1.807) is 81.2 Å². The molecule has 29 heavy (non-hydrogen) atoms. The summed E-state index contributed by atoms with van der Waals surface area (Å²) in [7, 11) is 1.72. The van der Waals surface area contributed by atoms with Crippen molar-refractivity contribution in [1.82, 2.24) is 0 Å². The van der Waals surface area contributed by atoms with Gasteiger partial charge in [-0.1, -0.05) is 18.1 Å². The summed E-state index contributed by atoms with van der Waals surface area (Å²) >= 11 is 0. The molecule has 2 rings (SSSR count). The van der Waals surface area contributed by atoms with Gasteiger partial charge in [0.25, 0.3) is 0 Å². The largest absolute Gasteiger partial charge is 0.481 e. The molecule has 0 aliphatic rings. The normalized spacial score (nSPS) is 10.6. The highest BCUT2D eigenvalue weighted by Gasteiger charge is 2.16. The lowest BCUT2D eigenvalue weighted by Crippen LogP contribution is -2.28. The number of nitrogens with zero attached hydrogens (tertiary/aromatic N) is 1. The van der Waals surface area contributed by atoms with Crippen molar-refractivity contribution in [2.24, 2.45) is 0 Å². The first-order chi connectivity index (χ1) is 13.7. The summed E-state index contributed by atoms with van der Waals surface area (Å²) in [6, 6.07) is 14.2. The number of anilines is 2. The number of terminal acetylenes is 1. The first-order valence-electron chi connectivity index (χ1n) is 9.20. The van der Waals surface area contributed by atoms with Gasteiger partial charge in [-0.25, -0.2) is 4.79 Å². The Morgan fingerprint density at radius 1 is 1.07 bits per heavy atom. The number of hydrogen-bond acceptors (Lipinski definition) is 4. The second kappa shape index (κ2) is 9.65. The van der Waals surface area contributed by atoms with Crippen molar-refractivity contribution in [2.45, 2.75) is 32.8 Å². The summed E-state index contributed by atoms with van der Waals surface area (Å²) in [5, 5.41) is 2.67. The van der Waals surface area contributed by atoms with E-state index < -0.39 is 11.7 Å². The zero-order valence-corrected chi connectivity index (χ0v) is 17.2. The van der Waals surface area contributed by atoms with E-state index in [0.717, 1.165) is 11.3 Å². The van der Waals surface area contributed by atoms with Gasteiger partial charge in [-0.15, -0.1) is 6.42 Å². The summed E-state index contributed by atoms with van der Waals surface area (Å²) < 4.78 is 10.6. The number of nitrogens with one attached hydrogen (secondary N) is 1. The van der Waals surface area contributed by atoms with Gasteiger partial charge >= 0.3 is 6.09 Å². The van der Waals surface area contributed by atoms with Crippen LogP contribution >= 0.6 is 0 Å². The topological polar surface area (TPSA) is 67.9 Å². The van der Waals surface area contributed by atoms with Crippen LogP contribution in [-0.4, -0.2) is 31.3 Å². The van der Waals surface area contributed by atoms with Crippen LogP contribution in [0.25, 0.3) is 0 Å². The maximum absolute atomic E-state index is 12.6. The van der Waals surface area contributed by atoms with Crippen molar-refractivity contribution in [3.8, 4) is 18.1 Å². The van der Waals surface area contributed by atoms with Crippen molar-refractivity contribution in [3.63, 3.8) is 0 Å². The maximum atomic E-state index is 12.6. The van der Waals surface area contributed by atoms with E-state index in [1.807, 2.05) is 0 Å². The SMILES string of the molecule is C#CCOc1ccc(N(C)C(=O)Cc2ccc(NC(=O)OC(C)(C)C)cc2)cc1. The molecule has 0 radical (unpaired) electrons. The Morgan fingerprint density at radius 2 is 1.69 bits per heavy atom. The van der Waals surface area contributed by atoms with Crippen LogP contribution in [-0.2, 0) is 16.0 Å². The minimum atomic E-state index is -0.563. The zero-order chi connectivity index (χ0) is 21.4. The molecule has 6 heteroatoms. The molecule has 0 aromatic heterocycles. The highest BCUT2D eigenvalue weighted by Crippen LogP contribution is 2.20. The Hall–Kier alpha value is -3.46. The van der Waals surface area contributed by atoms with Crippen LogP contribution in [0.1, 0.15) is 26.3 Å². The molecular formula is C23H26N2O4. The average Bonchev–Trinajstić information content (AvgIpc) is 2.66. The molecule has 0 saturated carbocycles. The third-order valence-electron chi connectivity index (χ3n) is 3.87. The van der Waals surface area contributed by atoms with Gasteiger partial charge in [0, 0.05) is 18.4 Å². The Balaban J connectivity index is 1.93. The molecule has 0 fully saturated rings. The Morgan fingerprint density at radius 3 is 2.24 bits per heavy atom. The van der Waals surface area contributed by atoms with Gasteiger partial charge in [-0.05, 0) is 62.7 Å². The van der Waals surface area contributed by atoms with E-state index >= 15 is 0 Å². The van der Waals surface area contributed by atoms with Crippen LogP contribution in [0.2, 0.25) is 0 Å². The van der Waals surface area contributed by atoms with Crippen molar-refractivity contribution in [2.75, 3.05) is 23.9 Å². The second-order valence-electron chi connectivity index (χ2n) is 7.44. The van der Waals surface area contributed by atoms with Crippen LogP contribution in [0.5, 0.6) is 5.75 Å². The van der Waals surface area contributed by atoms with E-state index in [9.17, 15) is 9.59 Å². The Kier molecular flexibility index (Phi) is 7.27. The van der Waals surface area contributed by atoms with E-state index in [2.05, 4.69) is 11.2 Å². The molecule has 0 aliphatic carbocycles. The third-order valence-corrected chi connectivity index (χ3v) is 3.87. The highest BCUT2D eigenvalue weighted by atomic mass is 16.6. The number of ether oxygens (including phenoxy) is 2. The molecule has 6 nitrogen and oxygen atoms in total. The minimum Gasteiger partial charge on any atom is -0.481 e. The fraction of sp³-hybridized carbons (Fsp3) is 0.304. The van der Waals surface area contributed by atoms with E-state index in [4.69, 9.17) is 15.9 Å². The number of rotatable bonds is 6. The smallest absolute Gasteiger partial charge is 0.412 e. The van der Waals surface area contributed by atoms with Crippen LogP contribution in [0.15, 0.2) is 48.5 Å². The number of benzene rings is 2. The molecule has 0 atom stereocenters. The third kappa shape index (κ3) is 7.23. The minimum absolute atomic E-state index is 0.0601. The molecule has 1 N–H and O–H groups in total. The predicted octanol–water partition coefficient (Wildman–Crippen LogP) is 4.25. The van der Waals surface area contributed by atoms with Crippen LogP contribution in [0, 0.1) is 12.3 Å². The van der Waals surface area contributed by atoms with Crippen molar-refractivity contribution < 1.29 is 19.1 Å². The lowest BCUT2D eigenvalue weighted by molar-refractivity contribution is -0.117. The molecule has 0 spiro atoms. The van der Waals surface area contributed by atoms with Crippen LogP contribution in [0.3, 0.4) is 0 Å². The van der Waals surface area contributed by atoms with Crippen molar-refractivity contribution >= 4 is 23.4 Å². The van der Waals surface area contributed by atoms with Gasteiger partial charge in [-0.3, -0.25) is 10.1 Å².